The molecule has 0 saturated heterocycles. The number of benzene rings is 3. The van der Waals surface area contributed by atoms with Crippen LogP contribution >= 0.6 is 0 Å². The number of carbonyl (C=O) groups is 1. The van der Waals surface area contributed by atoms with Crippen LogP contribution in [0.4, 0.5) is 32.0 Å². The van der Waals surface area contributed by atoms with Crippen molar-refractivity contribution in [1.29, 1.82) is 0 Å². The van der Waals surface area contributed by atoms with E-state index in [0.29, 0.717) is 34.4 Å². The first kappa shape index (κ1) is 28.7. The summed E-state index contributed by atoms with van der Waals surface area (Å²) in [4.78, 5) is 12.6. The number of allylic oxidation sites excluding steroid dienone is 2. The highest BCUT2D eigenvalue weighted by molar-refractivity contribution is 6.00. The van der Waals surface area contributed by atoms with Gasteiger partial charge in [-0.25, -0.2) is 0 Å². The van der Waals surface area contributed by atoms with Crippen molar-refractivity contribution in [2.24, 2.45) is 0 Å². The van der Waals surface area contributed by atoms with Crippen molar-refractivity contribution in [3.05, 3.63) is 119 Å². The Morgan fingerprint density at radius 1 is 0.789 bits per heavy atom. The molecule has 0 bridgehead atoms. The molecule has 3 rings (SSSR count). The lowest BCUT2D eigenvalue weighted by molar-refractivity contribution is -0.138. The number of aliphatic hydroxyl groups is 1. The number of alkyl halides is 6. The average Bonchev–Trinajstić information content (AvgIpc) is 2.81. The number of para-hydroxylation sites is 1. The van der Waals surface area contributed by atoms with E-state index in [9.17, 15) is 36.2 Å². The molecule has 0 heterocycles. The number of halogens is 6. The molecule has 2 N–H and O–H groups in total. The number of hydrogen-bond acceptors (Lipinski definition) is 2. The van der Waals surface area contributed by atoms with Crippen LogP contribution in [-0.2, 0) is 23.6 Å². The molecular formula is C29H25F6NO2. The fourth-order valence-corrected chi connectivity index (χ4v) is 3.71. The molecule has 0 aliphatic carbocycles. The van der Waals surface area contributed by atoms with Crippen molar-refractivity contribution in [3.63, 3.8) is 0 Å². The Kier molecular flexibility index (Phi) is 8.51. The zero-order chi connectivity index (χ0) is 28.1. The maximum atomic E-state index is 13.0. The lowest BCUT2D eigenvalue weighted by atomic mass is 9.95. The van der Waals surface area contributed by atoms with E-state index in [2.05, 4.69) is 5.32 Å². The summed E-state index contributed by atoms with van der Waals surface area (Å²) in [6, 6.07) is 15.3. The van der Waals surface area contributed by atoms with Crippen molar-refractivity contribution in [1.82, 2.24) is 0 Å². The van der Waals surface area contributed by atoms with Crippen LogP contribution in [0.15, 0.2) is 91.0 Å². The van der Waals surface area contributed by atoms with Gasteiger partial charge in [0.25, 0.3) is 0 Å². The number of hydrogen-bond donors (Lipinski definition) is 2. The summed E-state index contributed by atoms with van der Waals surface area (Å²) in [6.07, 6.45) is -4.81. The summed E-state index contributed by atoms with van der Waals surface area (Å²) < 4.78 is 78.0. The highest BCUT2D eigenvalue weighted by Crippen LogP contribution is 2.33. The second-order valence-electron chi connectivity index (χ2n) is 9.23. The summed E-state index contributed by atoms with van der Waals surface area (Å²) in [5.41, 5.74) is -0.570. The van der Waals surface area contributed by atoms with E-state index in [4.69, 9.17) is 0 Å². The third-order valence-corrected chi connectivity index (χ3v) is 5.46. The molecule has 0 aromatic heterocycles. The lowest BCUT2D eigenvalue weighted by Gasteiger charge is -2.19. The van der Waals surface area contributed by atoms with Crippen LogP contribution in [0.5, 0.6) is 0 Å². The third kappa shape index (κ3) is 8.08. The van der Waals surface area contributed by atoms with Gasteiger partial charge in [-0.2, -0.15) is 26.3 Å². The molecule has 0 unspecified atom stereocenters. The van der Waals surface area contributed by atoms with E-state index in [1.165, 1.54) is 42.5 Å². The Morgan fingerprint density at radius 3 is 1.71 bits per heavy atom. The molecule has 38 heavy (non-hydrogen) atoms. The van der Waals surface area contributed by atoms with Crippen LogP contribution in [0.3, 0.4) is 0 Å². The van der Waals surface area contributed by atoms with Crippen molar-refractivity contribution in [3.8, 4) is 0 Å². The minimum atomic E-state index is -4.55. The molecule has 200 valence electrons. The molecule has 0 aliphatic heterocycles. The molecule has 0 saturated carbocycles. The first-order valence-corrected chi connectivity index (χ1v) is 11.5. The molecule has 0 radical (unpaired) electrons. The predicted octanol–water partition coefficient (Wildman–Crippen LogP) is 7.66. The van der Waals surface area contributed by atoms with E-state index in [1.807, 2.05) is 0 Å². The van der Waals surface area contributed by atoms with Gasteiger partial charge in [0, 0.05) is 18.2 Å². The third-order valence-electron chi connectivity index (χ3n) is 5.46. The molecule has 0 fully saturated rings. The maximum absolute atomic E-state index is 13.0. The standard InChI is InChI=1S/C29H25F6NO2/c1-27(2,38)18-21-6-3-4-8-25(21)36-26(37)9-5-7-24(19-10-14-22(15-11-19)28(30,31)32)20-12-16-23(17-13-20)29(33,34)35/h3-17,38H,18H2,1-2H3,(H,36,37). The van der Waals surface area contributed by atoms with E-state index < -0.39 is 35.0 Å². The monoisotopic (exact) mass is 533 g/mol. The van der Waals surface area contributed by atoms with Crippen LogP contribution in [0, 0.1) is 0 Å². The number of carbonyl (C=O) groups excluding carboxylic acids is 1. The number of amides is 1. The second-order valence-corrected chi connectivity index (χ2v) is 9.23. The highest BCUT2D eigenvalue weighted by Gasteiger charge is 2.31. The minimum absolute atomic E-state index is 0.291. The Morgan fingerprint density at radius 2 is 1.26 bits per heavy atom. The first-order valence-electron chi connectivity index (χ1n) is 11.5. The van der Waals surface area contributed by atoms with Crippen molar-refractivity contribution < 1.29 is 36.2 Å². The van der Waals surface area contributed by atoms with Crippen molar-refractivity contribution in [2.75, 3.05) is 5.32 Å². The van der Waals surface area contributed by atoms with Gasteiger partial charge in [-0.05, 0) is 66.4 Å². The van der Waals surface area contributed by atoms with E-state index >= 15 is 0 Å². The summed E-state index contributed by atoms with van der Waals surface area (Å²) in [7, 11) is 0. The van der Waals surface area contributed by atoms with Crippen LogP contribution < -0.4 is 5.32 Å². The summed E-state index contributed by atoms with van der Waals surface area (Å²) >= 11 is 0. The van der Waals surface area contributed by atoms with Gasteiger partial charge in [0.2, 0.25) is 5.91 Å². The minimum Gasteiger partial charge on any atom is -0.390 e. The number of rotatable bonds is 7. The SMILES string of the molecule is CC(C)(O)Cc1ccccc1NC(=O)C=CC=C(c1ccc(C(F)(F)F)cc1)c1ccc(C(F)(F)F)cc1. The quantitative estimate of drug-likeness (QED) is 0.186. The largest absolute Gasteiger partial charge is 0.416 e. The van der Waals surface area contributed by atoms with E-state index in [1.54, 1.807) is 38.1 Å². The smallest absolute Gasteiger partial charge is 0.390 e. The molecule has 3 nitrogen and oxygen atoms in total. The lowest BCUT2D eigenvalue weighted by Crippen LogP contribution is -2.23. The Hall–Kier alpha value is -3.85. The fraction of sp³-hybridized carbons (Fsp3) is 0.207. The average molecular weight is 534 g/mol. The predicted molar refractivity (Wildman–Crippen MR) is 134 cm³/mol. The number of anilines is 1. The van der Waals surface area contributed by atoms with Gasteiger partial charge in [-0.1, -0.05) is 54.6 Å². The van der Waals surface area contributed by atoms with Crippen LogP contribution in [0.25, 0.3) is 5.57 Å². The van der Waals surface area contributed by atoms with E-state index in [0.717, 1.165) is 24.3 Å². The van der Waals surface area contributed by atoms with Crippen LogP contribution in [0.2, 0.25) is 0 Å². The van der Waals surface area contributed by atoms with Gasteiger partial charge >= 0.3 is 12.4 Å². The Labute approximate surface area is 216 Å². The molecule has 1 amide bonds. The summed E-state index contributed by atoms with van der Waals surface area (Å²) in [6.45, 7) is 3.28. The van der Waals surface area contributed by atoms with E-state index in [-0.39, 0.29) is 0 Å². The number of nitrogens with one attached hydrogen (secondary N) is 1. The van der Waals surface area contributed by atoms with Crippen molar-refractivity contribution in [2.45, 2.75) is 38.2 Å². The molecule has 0 spiro atoms. The van der Waals surface area contributed by atoms with Gasteiger partial charge in [0.1, 0.15) is 0 Å². The summed E-state index contributed by atoms with van der Waals surface area (Å²) in [5.74, 6) is -0.511. The molecule has 9 heteroatoms. The zero-order valence-electron chi connectivity index (χ0n) is 20.5. The Bertz CT molecular complexity index is 1250. The van der Waals surface area contributed by atoms with Gasteiger partial charge in [-0.3, -0.25) is 4.79 Å². The highest BCUT2D eigenvalue weighted by atomic mass is 19.4. The van der Waals surface area contributed by atoms with Crippen molar-refractivity contribution >= 4 is 17.2 Å². The molecule has 0 aliphatic rings. The molecular weight excluding hydrogens is 508 g/mol. The first-order chi connectivity index (χ1) is 17.6. The van der Waals surface area contributed by atoms with Gasteiger partial charge in [0.15, 0.2) is 0 Å². The molecule has 0 atom stereocenters. The normalized spacial score (nSPS) is 12.4. The van der Waals surface area contributed by atoms with Gasteiger partial charge in [-0.15, -0.1) is 0 Å². The Balaban J connectivity index is 1.90. The maximum Gasteiger partial charge on any atom is 0.416 e. The molecule has 3 aromatic carbocycles. The van der Waals surface area contributed by atoms with Gasteiger partial charge in [0.05, 0.1) is 16.7 Å². The molecule has 3 aromatic rings. The fourth-order valence-electron chi connectivity index (χ4n) is 3.71. The van der Waals surface area contributed by atoms with Crippen LogP contribution in [0.1, 0.15) is 41.7 Å². The zero-order valence-corrected chi connectivity index (χ0v) is 20.5. The van der Waals surface area contributed by atoms with Gasteiger partial charge < -0.3 is 10.4 Å². The topological polar surface area (TPSA) is 49.3 Å². The summed E-state index contributed by atoms with van der Waals surface area (Å²) in [5, 5.41) is 12.8. The second kappa shape index (κ2) is 11.3. The van der Waals surface area contributed by atoms with Crippen LogP contribution in [-0.4, -0.2) is 16.6 Å².